The summed E-state index contributed by atoms with van der Waals surface area (Å²) >= 11 is 0. The summed E-state index contributed by atoms with van der Waals surface area (Å²) in [5.41, 5.74) is 6.39. The lowest BCUT2D eigenvalue weighted by Gasteiger charge is -2.17. The van der Waals surface area contributed by atoms with Gasteiger partial charge in [0.05, 0.1) is 6.61 Å². The zero-order valence-electron chi connectivity index (χ0n) is 12.0. The third-order valence-electron chi connectivity index (χ3n) is 3.74. The fraction of sp³-hybridized carbons (Fsp3) is 0.333. The Kier molecular flexibility index (Phi) is 4.39. The van der Waals surface area contributed by atoms with Gasteiger partial charge in [0.15, 0.2) is 0 Å². The number of hydrogen-bond acceptors (Lipinski definition) is 1. The van der Waals surface area contributed by atoms with E-state index in [4.69, 9.17) is 0 Å². The van der Waals surface area contributed by atoms with Gasteiger partial charge in [-0.15, -0.1) is 0 Å². The van der Waals surface area contributed by atoms with Crippen molar-refractivity contribution < 1.29 is 5.11 Å². The molecule has 1 nitrogen and oxygen atoms in total. The highest BCUT2D eigenvalue weighted by molar-refractivity contribution is 5.33. The van der Waals surface area contributed by atoms with Gasteiger partial charge in [-0.2, -0.15) is 0 Å². The molecule has 0 aromatic heterocycles. The summed E-state index contributed by atoms with van der Waals surface area (Å²) in [6.45, 7) is 6.53. The van der Waals surface area contributed by atoms with E-state index in [1.807, 2.05) is 0 Å². The average Bonchev–Trinajstić information content (AvgIpc) is 2.41. The molecule has 0 amide bonds. The Balaban J connectivity index is 2.23. The third-order valence-corrected chi connectivity index (χ3v) is 3.74. The van der Waals surface area contributed by atoms with Crippen LogP contribution in [0.3, 0.4) is 0 Å². The normalized spacial score (nSPS) is 12.4. The number of hydrogen-bond donors (Lipinski definition) is 1. The summed E-state index contributed by atoms with van der Waals surface area (Å²) in [7, 11) is 0. The Morgan fingerprint density at radius 1 is 0.895 bits per heavy atom. The monoisotopic (exact) mass is 254 g/mol. The van der Waals surface area contributed by atoms with E-state index in [-0.39, 0.29) is 12.5 Å². The second kappa shape index (κ2) is 6.03. The van der Waals surface area contributed by atoms with Crippen LogP contribution in [0.15, 0.2) is 42.5 Å². The standard InChI is InChI=1S/C18H22O/c1-13-5-8-16(9-6-13)18(12-19)11-17-10-14(2)4-7-15(17)3/h4-10,18-19H,11-12H2,1-3H3. The molecule has 2 rings (SSSR count). The topological polar surface area (TPSA) is 20.2 Å². The lowest BCUT2D eigenvalue weighted by molar-refractivity contribution is 0.264. The van der Waals surface area contributed by atoms with Gasteiger partial charge in [0.2, 0.25) is 0 Å². The quantitative estimate of drug-likeness (QED) is 0.876. The molecule has 100 valence electrons. The second-order valence-electron chi connectivity index (χ2n) is 5.42. The molecular formula is C18H22O. The third kappa shape index (κ3) is 3.45. The zero-order chi connectivity index (χ0) is 13.8. The lowest BCUT2D eigenvalue weighted by atomic mass is 9.90. The highest BCUT2D eigenvalue weighted by Crippen LogP contribution is 2.23. The van der Waals surface area contributed by atoms with Gasteiger partial charge in [-0.3, -0.25) is 0 Å². The molecule has 2 aromatic carbocycles. The molecule has 0 bridgehead atoms. The molecule has 1 unspecified atom stereocenters. The molecule has 0 radical (unpaired) electrons. The van der Waals surface area contributed by atoms with Gasteiger partial charge in [0.25, 0.3) is 0 Å². The number of benzene rings is 2. The molecule has 0 saturated carbocycles. The van der Waals surface area contributed by atoms with Gasteiger partial charge >= 0.3 is 0 Å². The molecule has 0 aliphatic carbocycles. The van der Waals surface area contributed by atoms with Crippen LogP contribution in [-0.2, 0) is 6.42 Å². The fourth-order valence-electron chi connectivity index (χ4n) is 2.41. The minimum absolute atomic E-state index is 0.182. The van der Waals surface area contributed by atoms with E-state index in [2.05, 4.69) is 63.2 Å². The first kappa shape index (κ1) is 13.8. The minimum atomic E-state index is 0.182. The van der Waals surface area contributed by atoms with Crippen molar-refractivity contribution in [2.24, 2.45) is 0 Å². The number of aryl methyl sites for hydroxylation is 3. The molecule has 0 spiro atoms. The van der Waals surface area contributed by atoms with Gasteiger partial charge in [0.1, 0.15) is 0 Å². The van der Waals surface area contributed by atoms with Crippen LogP contribution in [0.25, 0.3) is 0 Å². The number of aliphatic hydroxyl groups is 1. The predicted molar refractivity (Wildman–Crippen MR) is 80.6 cm³/mol. The van der Waals surface area contributed by atoms with Crippen molar-refractivity contribution in [2.45, 2.75) is 33.1 Å². The molecule has 1 atom stereocenters. The molecule has 19 heavy (non-hydrogen) atoms. The van der Waals surface area contributed by atoms with Crippen LogP contribution >= 0.6 is 0 Å². The first-order valence-electron chi connectivity index (χ1n) is 6.83. The maximum absolute atomic E-state index is 9.67. The van der Waals surface area contributed by atoms with Crippen molar-refractivity contribution in [1.82, 2.24) is 0 Å². The van der Waals surface area contributed by atoms with E-state index < -0.39 is 0 Å². The second-order valence-corrected chi connectivity index (χ2v) is 5.42. The Bertz CT molecular complexity index is 540. The molecule has 1 heteroatoms. The zero-order valence-corrected chi connectivity index (χ0v) is 12.0. The van der Waals surface area contributed by atoms with E-state index in [9.17, 15) is 5.11 Å². The van der Waals surface area contributed by atoms with Gasteiger partial charge in [-0.25, -0.2) is 0 Å². The van der Waals surface area contributed by atoms with Crippen LogP contribution in [0.2, 0.25) is 0 Å². The number of aliphatic hydroxyl groups excluding tert-OH is 1. The largest absolute Gasteiger partial charge is 0.396 e. The highest BCUT2D eigenvalue weighted by atomic mass is 16.3. The Morgan fingerprint density at radius 2 is 1.53 bits per heavy atom. The maximum Gasteiger partial charge on any atom is 0.0502 e. The fourth-order valence-corrected chi connectivity index (χ4v) is 2.41. The molecule has 0 fully saturated rings. The predicted octanol–water partition coefficient (Wildman–Crippen LogP) is 3.93. The van der Waals surface area contributed by atoms with Crippen LogP contribution < -0.4 is 0 Å². The van der Waals surface area contributed by atoms with Crippen molar-refractivity contribution in [2.75, 3.05) is 6.61 Å². The van der Waals surface area contributed by atoms with E-state index in [1.165, 1.54) is 27.8 Å². The summed E-state index contributed by atoms with van der Waals surface area (Å²) in [6, 6.07) is 15.0. The minimum Gasteiger partial charge on any atom is -0.396 e. The molecule has 0 aliphatic heterocycles. The van der Waals surface area contributed by atoms with Crippen LogP contribution in [-0.4, -0.2) is 11.7 Å². The van der Waals surface area contributed by atoms with Crippen molar-refractivity contribution >= 4 is 0 Å². The molecule has 0 aliphatic rings. The van der Waals surface area contributed by atoms with Gasteiger partial charge in [-0.1, -0.05) is 53.6 Å². The van der Waals surface area contributed by atoms with E-state index in [0.29, 0.717) is 0 Å². The van der Waals surface area contributed by atoms with Gasteiger partial charge in [-0.05, 0) is 43.9 Å². The smallest absolute Gasteiger partial charge is 0.0502 e. The maximum atomic E-state index is 9.67. The molecule has 0 saturated heterocycles. The average molecular weight is 254 g/mol. The first-order valence-corrected chi connectivity index (χ1v) is 6.83. The Hall–Kier alpha value is -1.60. The Labute approximate surface area is 115 Å². The van der Waals surface area contributed by atoms with E-state index in [0.717, 1.165) is 6.42 Å². The summed E-state index contributed by atoms with van der Waals surface area (Å²) in [4.78, 5) is 0. The number of rotatable bonds is 4. The van der Waals surface area contributed by atoms with Crippen molar-refractivity contribution in [3.63, 3.8) is 0 Å². The van der Waals surface area contributed by atoms with Crippen LogP contribution in [0.4, 0.5) is 0 Å². The summed E-state index contributed by atoms with van der Waals surface area (Å²) in [5, 5.41) is 9.67. The van der Waals surface area contributed by atoms with Crippen molar-refractivity contribution in [3.8, 4) is 0 Å². The van der Waals surface area contributed by atoms with Gasteiger partial charge < -0.3 is 5.11 Å². The van der Waals surface area contributed by atoms with E-state index >= 15 is 0 Å². The lowest BCUT2D eigenvalue weighted by Crippen LogP contribution is -2.09. The van der Waals surface area contributed by atoms with Gasteiger partial charge in [0, 0.05) is 5.92 Å². The summed E-state index contributed by atoms with van der Waals surface area (Å²) < 4.78 is 0. The molecule has 0 heterocycles. The van der Waals surface area contributed by atoms with Crippen molar-refractivity contribution in [1.29, 1.82) is 0 Å². The molecular weight excluding hydrogens is 232 g/mol. The van der Waals surface area contributed by atoms with Crippen molar-refractivity contribution in [3.05, 3.63) is 70.3 Å². The first-order chi connectivity index (χ1) is 9.10. The Morgan fingerprint density at radius 3 is 2.16 bits per heavy atom. The van der Waals surface area contributed by atoms with Crippen LogP contribution in [0, 0.1) is 20.8 Å². The van der Waals surface area contributed by atoms with Crippen LogP contribution in [0.5, 0.6) is 0 Å². The summed E-state index contributed by atoms with van der Waals surface area (Å²) in [6.07, 6.45) is 0.896. The SMILES string of the molecule is Cc1ccc(C(CO)Cc2cc(C)ccc2C)cc1. The summed E-state index contributed by atoms with van der Waals surface area (Å²) in [5.74, 6) is 0.182. The molecule has 2 aromatic rings. The highest BCUT2D eigenvalue weighted by Gasteiger charge is 2.12. The molecule has 1 N–H and O–H groups in total. The van der Waals surface area contributed by atoms with E-state index in [1.54, 1.807) is 0 Å². The van der Waals surface area contributed by atoms with Crippen LogP contribution in [0.1, 0.15) is 33.7 Å².